The summed E-state index contributed by atoms with van der Waals surface area (Å²) in [5.41, 5.74) is 1.92. The predicted molar refractivity (Wildman–Crippen MR) is 117 cm³/mol. The maximum absolute atomic E-state index is 12.1. The molecular weight excluding hydrogens is 456 g/mol. The van der Waals surface area contributed by atoms with Gasteiger partial charge in [0.25, 0.3) is 20.2 Å². The van der Waals surface area contributed by atoms with Crippen molar-refractivity contribution in [2.24, 2.45) is 0 Å². The van der Waals surface area contributed by atoms with E-state index in [1.165, 1.54) is 24.3 Å². The van der Waals surface area contributed by atoms with Gasteiger partial charge in [0.1, 0.15) is 0 Å². The van der Waals surface area contributed by atoms with Gasteiger partial charge in [-0.05, 0) is 51.0 Å². The molecule has 0 aliphatic heterocycles. The van der Waals surface area contributed by atoms with Crippen LogP contribution in [0.3, 0.4) is 0 Å². The van der Waals surface area contributed by atoms with E-state index in [2.05, 4.69) is 0 Å². The number of aryl methyl sites for hydroxylation is 2. The molecule has 0 heterocycles. The van der Waals surface area contributed by atoms with Crippen molar-refractivity contribution in [3.8, 4) is 0 Å². The molecule has 0 bridgehead atoms. The van der Waals surface area contributed by atoms with Crippen LogP contribution in [0.2, 0.25) is 0 Å². The van der Waals surface area contributed by atoms with Crippen LogP contribution in [0.5, 0.6) is 0 Å². The van der Waals surface area contributed by atoms with Crippen LogP contribution in [0.4, 0.5) is 0 Å². The summed E-state index contributed by atoms with van der Waals surface area (Å²) in [6.07, 6.45) is 1.18. The Morgan fingerprint density at radius 1 is 0.625 bits per heavy atom. The Morgan fingerprint density at radius 3 is 1.28 bits per heavy atom. The van der Waals surface area contributed by atoms with E-state index in [1.54, 1.807) is 24.3 Å². The molecule has 2 unspecified atom stereocenters. The molecule has 176 valence electrons. The van der Waals surface area contributed by atoms with Crippen molar-refractivity contribution in [3.05, 3.63) is 59.7 Å². The molecule has 1 aliphatic carbocycles. The van der Waals surface area contributed by atoms with Crippen molar-refractivity contribution in [1.82, 2.24) is 0 Å². The van der Waals surface area contributed by atoms with Gasteiger partial charge >= 0.3 is 0 Å². The molecule has 3 rings (SSSR count). The Hall–Kier alpha value is -1.82. The predicted octanol–water partition coefficient (Wildman–Crippen LogP) is 2.98. The molecule has 1 fully saturated rings. The zero-order valence-electron chi connectivity index (χ0n) is 18.1. The summed E-state index contributed by atoms with van der Waals surface area (Å²) < 4.78 is 69.9. The Morgan fingerprint density at radius 2 is 0.969 bits per heavy atom. The van der Waals surface area contributed by atoms with Gasteiger partial charge in [-0.15, -0.1) is 0 Å². The SMILES string of the molecule is Cc1ccc(S(=O)(=O)OCCOC2CCC2OCCOS(=O)(=O)c2ccc(C)cc2)cc1. The number of ether oxygens (including phenoxy) is 2. The standard InChI is InChI=1S/C22H28O8S2/c1-17-3-7-19(8-4-17)31(23,24)29-15-13-27-21-11-12-22(21)28-14-16-30-32(25,26)20-9-5-18(2)6-10-20/h3-10,21-22H,11-16H2,1-2H3. The van der Waals surface area contributed by atoms with E-state index in [0.29, 0.717) is 0 Å². The molecular formula is C22H28O8S2. The Kier molecular flexibility index (Phi) is 8.43. The summed E-state index contributed by atoms with van der Waals surface area (Å²) in [7, 11) is -7.64. The average molecular weight is 485 g/mol. The second-order valence-corrected chi connectivity index (χ2v) is 10.8. The monoisotopic (exact) mass is 484 g/mol. The molecule has 2 atom stereocenters. The number of hydrogen-bond donors (Lipinski definition) is 0. The van der Waals surface area contributed by atoms with Crippen molar-refractivity contribution in [1.29, 1.82) is 0 Å². The molecule has 0 radical (unpaired) electrons. The van der Waals surface area contributed by atoms with Crippen molar-refractivity contribution >= 4 is 20.2 Å². The highest BCUT2D eigenvalue weighted by molar-refractivity contribution is 7.87. The molecule has 0 spiro atoms. The van der Waals surface area contributed by atoms with Gasteiger partial charge in [0.05, 0.1) is 48.4 Å². The minimum atomic E-state index is -3.82. The van der Waals surface area contributed by atoms with Crippen LogP contribution < -0.4 is 0 Å². The first kappa shape index (κ1) is 24.8. The van der Waals surface area contributed by atoms with Gasteiger partial charge in [0, 0.05) is 0 Å². The van der Waals surface area contributed by atoms with E-state index in [0.717, 1.165) is 24.0 Å². The minimum Gasteiger partial charge on any atom is -0.373 e. The van der Waals surface area contributed by atoms with Crippen LogP contribution in [0.15, 0.2) is 58.3 Å². The third kappa shape index (κ3) is 6.84. The lowest BCUT2D eigenvalue weighted by Crippen LogP contribution is -2.42. The fraction of sp³-hybridized carbons (Fsp3) is 0.455. The Balaban J connectivity index is 1.33. The van der Waals surface area contributed by atoms with Gasteiger partial charge in [-0.2, -0.15) is 16.8 Å². The fourth-order valence-electron chi connectivity index (χ4n) is 3.05. The van der Waals surface area contributed by atoms with Gasteiger partial charge in [-0.25, -0.2) is 0 Å². The van der Waals surface area contributed by atoms with Crippen LogP contribution in [0.1, 0.15) is 24.0 Å². The fourth-order valence-corrected chi connectivity index (χ4v) is 4.84. The molecule has 0 N–H and O–H groups in total. The van der Waals surface area contributed by atoms with Gasteiger partial charge in [0.15, 0.2) is 0 Å². The maximum Gasteiger partial charge on any atom is 0.297 e. The summed E-state index contributed by atoms with van der Waals surface area (Å²) in [6.45, 7) is 3.76. The molecule has 1 saturated carbocycles. The third-order valence-electron chi connectivity index (χ3n) is 5.08. The van der Waals surface area contributed by atoms with Gasteiger partial charge in [0.2, 0.25) is 0 Å². The first-order valence-corrected chi connectivity index (χ1v) is 13.1. The van der Waals surface area contributed by atoms with Crippen molar-refractivity contribution < 1.29 is 34.7 Å². The summed E-state index contributed by atoms with van der Waals surface area (Å²) in [4.78, 5) is 0.210. The highest BCUT2D eigenvalue weighted by Crippen LogP contribution is 2.26. The van der Waals surface area contributed by atoms with Crippen LogP contribution in [-0.4, -0.2) is 55.5 Å². The highest BCUT2D eigenvalue weighted by atomic mass is 32.2. The van der Waals surface area contributed by atoms with E-state index in [9.17, 15) is 16.8 Å². The van der Waals surface area contributed by atoms with E-state index in [4.69, 9.17) is 17.8 Å². The van der Waals surface area contributed by atoms with Crippen LogP contribution >= 0.6 is 0 Å². The lowest BCUT2D eigenvalue weighted by molar-refractivity contribution is -0.133. The van der Waals surface area contributed by atoms with Crippen molar-refractivity contribution in [3.63, 3.8) is 0 Å². The first-order valence-electron chi connectivity index (χ1n) is 10.3. The number of hydrogen-bond acceptors (Lipinski definition) is 8. The van der Waals surface area contributed by atoms with Crippen LogP contribution in [0.25, 0.3) is 0 Å². The van der Waals surface area contributed by atoms with Crippen LogP contribution in [-0.2, 0) is 38.1 Å². The van der Waals surface area contributed by atoms with E-state index >= 15 is 0 Å². The lowest BCUT2D eigenvalue weighted by atomic mass is 9.92. The summed E-state index contributed by atoms with van der Waals surface area (Å²) in [6, 6.07) is 12.8. The third-order valence-corrected chi connectivity index (χ3v) is 7.73. The topological polar surface area (TPSA) is 105 Å². The average Bonchev–Trinajstić information content (AvgIpc) is 2.73. The van der Waals surface area contributed by atoms with Gasteiger partial charge < -0.3 is 9.47 Å². The smallest absolute Gasteiger partial charge is 0.297 e. The summed E-state index contributed by atoms with van der Waals surface area (Å²) >= 11 is 0. The summed E-state index contributed by atoms with van der Waals surface area (Å²) in [5.74, 6) is 0. The second kappa shape index (κ2) is 10.9. The molecule has 8 nitrogen and oxygen atoms in total. The van der Waals surface area contributed by atoms with E-state index in [1.807, 2.05) is 13.8 Å². The van der Waals surface area contributed by atoms with Gasteiger partial charge in [-0.3, -0.25) is 8.37 Å². The number of benzene rings is 2. The Bertz CT molecular complexity index is 988. The molecule has 0 aromatic heterocycles. The molecule has 2 aromatic carbocycles. The van der Waals surface area contributed by atoms with Crippen molar-refractivity contribution in [2.75, 3.05) is 26.4 Å². The number of rotatable bonds is 12. The maximum atomic E-state index is 12.1. The zero-order valence-corrected chi connectivity index (χ0v) is 19.7. The second-order valence-electron chi connectivity index (χ2n) is 7.57. The van der Waals surface area contributed by atoms with Crippen LogP contribution in [0, 0.1) is 13.8 Å². The largest absolute Gasteiger partial charge is 0.373 e. The zero-order chi connectivity index (χ0) is 23.2. The molecule has 2 aromatic rings. The first-order chi connectivity index (χ1) is 15.2. The molecule has 10 heteroatoms. The van der Waals surface area contributed by atoms with E-state index in [-0.39, 0.29) is 48.4 Å². The Labute approximate surface area is 189 Å². The molecule has 1 aliphatic rings. The normalized spacial score (nSPS) is 18.9. The van der Waals surface area contributed by atoms with Crippen molar-refractivity contribution in [2.45, 2.75) is 48.7 Å². The van der Waals surface area contributed by atoms with Gasteiger partial charge in [-0.1, -0.05) is 35.4 Å². The minimum absolute atomic E-state index is 0.0999. The highest BCUT2D eigenvalue weighted by Gasteiger charge is 2.32. The molecule has 0 saturated heterocycles. The molecule has 0 amide bonds. The molecule has 32 heavy (non-hydrogen) atoms. The quantitative estimate of drug-likeness (QED) is 0.334. The summed E-state index contributed by atoms with van der Waals surface area (Å²) in [5, 5.41) is 0. The lowest BCUT2D eigenvalue weighted by Gasteiger charge is -2.36. The van der Waals surface area contributed by atoms with E-state index < -0.39 is 20.2 Å².